The maximum atomic E-state index is 12.4. The van der Waals surface area contributed by atoms with Crippen molar-refractivity contribution >= 4 is 21.6 Å². The van der Waals surface area contributed by atoms with E-state index in [-0.39, 0.29) is 10.2 Å². The molecule has 1 rings (SSSR count). The fourth-order valence-electron chi connectivity index (χ4n) is 0.982. The molecule has 0 fully saturated rings. The quantitative estimate of drug-likeness (QED) is 0.681. The lowest BCUT2D eigenvalue weighted by atomic mass is 10.2. The summed E-state index contributed by atoms with van der Waals surface area (Å²) in [6, 6.07) is 0. The summed E-state index contributed by atoms with van der Waals surface area (Å²) in [5, 5.41) is 19.3. The number of alkyl halides is 2. The number of pyridine rings is 1. The van der Waals surface area contributed by atoms with E-state index < -0.39 is 29.2 Å². The van der Waals surface area contributed by atoms with Gasteiger partial charge in [-0.15, -0.1) is 0 Å². The number of nitro groups is 1. The minimum Gasteiger partial charge on any atom is -0.390 e. The van der Waals surface area contributed by atoms with Crippen molar-refractivity contribution in [2.24, 2.45) is 0 Å². The lowest BCUT2D eigenvalue weighted by Crippen LogP contribution is -2.02. The number of nitrogens with zero attached hydrogens (tertiary/aromatic N) is 2. The molecule has 0 bridgehead atoms. The molecular formula is C7H5BrF2N2O3. The van der Waals surface area contributed by atoms with Crippen LogP contribution in [-0.4, -0.2) is 15.0 Å². The number of aromatic nitrogens is 1. The van der Waals surface area contributed by atoms with E-state index in [4.69, 9.17) is 5.11 Å². The first-order valence-electron chi connectivity index (χ1n) is 3.69. The molecule has 1 N–H and O–H groups in total. The summed E-state index contributed by atoms with van der Waals surface area (Å²) < 4.78 is 24.4. The molecule has 5 nitrogen and oxygen atoms in total. The Bertz CT molecular complexity index is 400. The first-order chi connectivity index (χ1) is 6.99. The highest BCUT2D eigenvalue weighted by Crippen LogP contribution is 2.35. The Hall–Kier alpha value is -1.15. The molecule has 82 valence electrons. The Labute approximate surface area is 91.0 Å². The van der Waals surface area contributed by atoms with Crippen molar-refractivity contribution in [3.8, 4) is 0 Å². The van der Waals surface area contributed by atoms with Crippen LogP contribution in [0.5, 0.6) is 0 Å². The normalized spacial score (nSPS) is 10.7. The second-order valence-electron chi connectivity index (χ2n) is 2.54. The Kier molecular flexibility index (Phi) is 3.64. The summed E-state index contributed by atoms with van der Waals surface area (Å²) in [5.41, 5.74) is -1.45. The third-order valence-electron chi connectivity index (χ3n) is 1.66. The van der Waals surface area contributed by atoms with Crippen LogP contribution in [0.15, 0.2) is 10.7 Å². The monoisotopic (exact) mass is 282 g/mol. The molecule has 0 amide bonds. The van der Waals surface area contributed by atoms with Gasteiger partial charge in [0.1, 0.15) is 10.2 Å². The Morgan fingerprint density at radius 1 is 1.67 bits per heavy atom. The standard InChI is InChI=1S/C7H5BrF2N2O3/c8-5-3(7(9)10)1-11-4(2-13)6(5)12(14)15/h1,7,13H,2H2. The van der Waals surface area contributed by atoms with Crippen molar-refractivity contribution in [1.29, 1.82) is 0 Å². The maximum Gasteiger partial charge on any atom is 0.307 e. The average molecular weight is 283 g/mol. The molecule has 0 atom stereocenters. The van der Waals surface area contributed by atoms with Crippen LogP contribution in [-0.2, 0) is 6.61 Å². The molecule has 1 heterocycles. The number of aliphatic hydroxyl groups excluding tert-OH is 1. The number of rotatable bonds is 3. The van der Waals surface area contributed by atoms with Crippen molar-refractivity contribution < 1.29 is 18.8 Å². The maximum absolute atomic E-state index is 12.4. The van der Waals surface area contributed by atoms with E-state index >= 15 is 0 Å². The van der Waals surface area contributed by atoms with Gasteiger partial charge in [-0.25, -0.2) is 8.78 Å². The highest BCUT2D eigenvalue weighted by atomic mass is 79.9. The highest BCUT2D eigenvalue weighted by Gasteiger charge is 2.25. The molecule has 0 aliphatic carbocycles. The van der Waals surface area contributed by atoms with Gasteiger partial charge in [0.2, 0.25) is 0 Å². The van der Waals surface area contributed by atoms with E-state index in [0.717, 1.165) is 6.20 Å². The minimum absolute atomic E-state index is 0.253. The largest absolute Gasteiger partial charge is 0.390 e. The summed E-state index contributed by atoms with van der Waals surface area (Å²) in [6.45, 7) is -0.682. The second kappa shape index (κ2) is 4.58. The Balaban J connectivity index is 3.42. The zero-order valence-corrected chi connectivity index (χ0v) is 8.74. The topological polar surface area (TPSA) is 76.3 Å². The van der Waals surface area contributed by atoms with Crippen LogP contribution in [0.25, 0.3) is 0 Å². The molecule has 0 spiro atoms. The van der Waals surface area contributed by atoms with Gasteiger partial charge >= 0.3 is 5.69 Å². The van der Waals surface area contributed by atoms with Gasteiger partial charge in [0, 0.05) is 6.20 Å². The molecule has 0 radical (unpaired) electrons. The van der Waals surface area contributed by atoms with Gasteiger partial charge in [-0.05, 0) is 15.9 Å². The number of aliphatic hydroxyl groups is 1. The molecule has 15 heavy (non-hydrogen) atoms. The minimum atomic E-state index is -2.86. The van der Waals surface area contributed by atoms with Crippen LogP contribution in [0.3, 0.4) is 0 Å². The van der Waals surface area contributed by atoms with Crippen molar-refractivity contribution in [1.82, 2.24) is 4.98 Å². The molecule has 0 saturated heterocycles. The first kappa shape index (κ1) is 11.9. The van der Waals surface area contributed by atoms with E-state index in [1.807, 2.05) is 0 Å². The third kappa shape index (κ3) is 2.26. The summed E-state index contributed by atoms with van der Waals surface area (Å²) in [7, 11) is 0. The molecule has 0 unspecified atom stereocenters. The van der Waals surface area contributed by atoms with Gasteiger partial charge in [-0.1, -0.05) is 0 Å². The van der Waals surface area contributed by atoms with Crippen molar-refractivity contribution in [3.63, 3.8) is 0 Å². The molecule has 0 aromatic carbocycles. The van der Waals surface area contributed by atoms with Crippen LogP contribution in [0, 0.1) is 10.1 Å². The molecule has 8 heteroatoms. The molecule has 1 aromatic heterocycles. The number of hydrogen-bond donors (Lipinski definition) is 1. The number of hydrogen-bond acceptors (Lipinski definition) is 4. The van der Waals surface area contributed by atoms with E-state index in [1.165, 1.54) is 0 Å². The van der Waals surface area contributed by atoms with Crippen LogP contribution < -0.4 is 0 Å². The zero-order valence-electron chi connectivity index (χ0n) is 7.15. The summed E-state index contributed by atoms with van der Waals surface area (Å²) in [5.74, 6) is 0. The summed E-state index contributed by atoms with van der Waals surface area (Å²) in [6.07, 6.45) is -2.06. The van der Waals surface area contributed by atoms with Gasteiger partial charge in [-0.3, -0.25) is 15.1 Å². The van der Waals surface area contributed by atoms with Crippen LogP contribution in [0.2, 0.25) is 0 Å². The molecule has 0 aliphatic heterocycles. The van der Waals surface area contributed by atoms with Gasteiger partial charge in [0.15, 0.2) is 0 Å². The van der Waals surface area contributed by atoms with Crippen molar-refractivity contribution in [2.75, 3.05) is 0 Å². The van der Waals surface area contributed by atoms with E-state index in [9.17, 15) is 18.9 Å². The zero-order chi connectivity index (χ0) is 11.6. The fraction of sp³-hybridized carbons (Fsp3) is 0.286. The van der Waals surface area contributed by atoms with Crippen LogP contribution in [0.4, 0.5) is 14.5 Å². The smallest absolute Gasteiger partial charge is 0.307 e. The second-order valence-corrected chi connectivity index (χ2v) is 3.33. The van der Waals surface area contributed by atoms with E-state index in [1.54, 1.807) is 0 Å². The van der Waals surface area contributed by atoms with Crippen molar-refractivity contribution in [2.45, 2.75) is 13.0 Å². The highest BCUT2D eigenvalue weighted by molar-refractivity contribution is 9.10. The lowest BCUT2D eigenvalue weighted by Gasteiger charge is -2.05. The molecule has 0 saturated carbocycles. The SMILES string of the molecule is O=[N+]([O-])c1c(CO)ncc(C(F)F)c1Br. The van der Waals surface area contributed by atoms with Gasteiger partial charge in [0.25, 0.3) is 6.43 Å². The van der Waals surface area contributed by atoms with Gasteiger partial charge in [-0.2, -0.15) is 0 Å². The Morgan fingerprint density at radius 2 is 2.27 bits per heavy atom. The fourth-order valence-corrected chi connectivity index (χ4v) is 1.63. The molecule has 1 aromatic rings. The molecular weight excluding hydrogens is 278 g/mol. The van der Waals surface area contributed by atoms with Gasteiger partial charge in [0.05, 0.1) is 17.1 Å². The third-order valence-corrected chi connectivity index (χ3v) is 2.50. The van der Waals surface area contributed by atoms with Crippen molar-refractivity contribution in [3.05, 3.63) is 32.0 Å². The first-order valence-corrected chi connectivity index (χ1v) is 4.49. The summed E-state index contributed by atoms with van der Waals surface area (Å²) >= 11 is 2.70. The van der Waals surface area contributed by atoms with E-state index in [2.05, 4.69) is 20.9 Å². The van der Waals surface area contributed by atoms with Crippen LogP contribution >= 0.6 is 15.9 Å². The lowest BCUT2D eigenvalue weighted by molar-refractivity contribution is -0.387. The van der Waals surface area contributed by atoms with E-state index in [0.29, 0.717) is 0 Å². The Morgan fingerprint density at radius 3 is 2.67 bits per heavy atom. The predicted molar refractivity (Wildman–Crippen MR) is 49.5 cm³/mol. The van der Waals surface area contributed by atoms with Gasteiger partial charge < -0.3 is 5.11 Å². The average Bonchev–Trinajstić information content (AvgIpc) is 2.15. The van der Waals surface area contributed by atoms with Crippen LogP contribution in [0.1, 0.15) is 17.7 Å². The predicted octanol–water partition coefficient (Wildman–Crippen LogP) is 2.18. The number of halogens is 3. The summed E-state index contributed by atoms with van der Waals surface area (Å²) in [4.78, 5) is 13.1. The molecule has 0 aliphatic rings.